The van der Waals surface area contributed by atoms with E-state index in [0.717, 1.165) is 0 Å². The van der Waals surface area contributed by atoms with Crippen LogP contribution < -0.4 is 0 Å². The second-order valence-electron chi connectivity index (χ2n) is 2.09. The molecule has 1 N–H and O–H groups in total. The van der Waals surface area contributed by atoms with Crippen LogP contribution >= 0.6 is 0 Å². The lowest BCUT2D eigenvalue weighted by molar-refractivity contribution is 0.320. The number of benzene rings is 1. The number of halogens is 1. The molecule has 0 amide bonds. The summed E-state index contributed by atoms with van der Waals surface area (Å²) in [6.45, 7) is 0. The quantitative estimate of drug-likeness (QED) is 0.392. The van der Waals surface area contributed by atoms with E-state index in [9.17, 15) is 4.39 Å². The normalized spacial score (nSPS) is 10.6. The van der Waals surface area contributed by atoms with Crippen LogP contribution in [0.1, 0.15) is 5.56 Å². The van der Waals surface area contributed by atoms with Crippen LogP contribution in [0.2, 0.25) is 0 Å². The van der Waals surface area contributed by atoms with E-state index in [1.54, 1.807) is 18.2 Å². The van der Waals surface area contributed by atoms with E-state index < -0.39 is 0 Å². The van der Waals surface area contributed by atoms with Gasteiger partial charge in [0.05, 0.1) is 0 Å². The van der Waals surface area contributed by atoms with Gasteiger partial charge in [-0.15, -0.1) is 5.16 Å². The van der Waals surface area contributed by atoms with Crippen molar-refractivity contribution in [2.75, 3.05) is 0 Å². The lowest BCUT2D eigenvalue weighted by Crippen LogP contribution is -1.90. The van der Waals surface area contributed by atoms with E-state index in [4.69, 9.17) is 5.21 Å². The SMILES string of the molecule is ON=CCc1ccccc1F. The fraction of sp³-hybridized carbons (Fsp3) is 0.125. The van der Waals surface area contributed by atoms with Crippen molar-refractivity contribution in [3.8, 4) is 0 Å². The second kappa shape index (κ2) is 3.71. The van der Waals surface area contributed by atoms with Crippen molar-refractivity contribution in [3.63, 3.8) is 0 Å². The third-order valence-corrected chi connectivity index (χ3v) is 1.35. The highest BCUT2D eigenvalue weighted by molar-refractivity contribution is 5.60. The minimum atomic E-state index is -0.271. The maximum Gasteiger partial charge on any atom is 0.126 e. The lowest BCUT2D eigenvalue weighted by atomic mass is 10.1. The molecule has 0 saturated heterocycles. The van der Waals surface area contributed by atoms with Gasteiger partial charge in [-0.1, -0.05) is 18.2 Å². The van der Waals surface area contributed by atoms with Gasteiger partial charge in [0.2, 0.25) is 0 Å². The van der Waals surface area contributed by atoms with E-state index in [-0.39, 0.29) is 5.82 Å². The monoisotopic (exact) mass is 153 g/mol. The predicted molar refractivity (Wildman–Crippen MR) is 40.4 cm³/mol. The zero-order valence-electron chi connectivity index (χ0n) is 5.87. The Morgan fingerprint density at radius 2 is 2.18 bits per heavy atom. The number of nitrogens with zero attached hydrogens (tertiary/aromatic N) is 1. The molecular formula is C8H8FNO. The molecule has 11 heavy (non-hydrogen) atoms. The Balaban J connectivity index is 2.77. The lowest BCUT2D eigenvalue weighted by Gasteiger charge is -1.95. The Hall–Kier alpha value is -1.38. The molecule has 0 unspecified atom stereocenters. The first-order chi connectivity index (χ1) is 5.34. The standard InChI is InChI=1S/C8H8FNO/c9-8-4-2-1-3-7(8)5-6-10-11/h1-4,6,11H,5H2. The number of rotatable bonds is 2. The second-order valence-corrected chi connectivity index (χ2v) is 2.09. The van der Waals surface area contributed by atoms with Crippen LogP contribution in [-0.4, -0.2) is 11.4 Å². The van der Waals surface area contributed by atoms with Crippen LogP contribution in [-0.2, 0) is 6.42 Å². The third-order valence-electron chi connectivity index (χ3n) is 1.35. The van der Waals surface area contributed by atoms with E-state index in [2.05, 4.69) is 5.16 Å². The van der Waals surface area contributed by atoms with Crippen molar-refractivity contribution in [2.24, 2.45) is 5.16 Å². The third kappa shape index (κ3) is 2.04. The summed E-state index contributed by atoms with van der Waals surface area (Å²) in [6, 6.07) is 6.39. The summed E-state index contributed by atoms with van der Waals surface area (Å²) in [7, 11) is 0. The van der Waals surface area contributed by atoms with Gasteiger partial charge in [0.1, 0.15) is 5.82 Å². The highest BCUT2D eigenvalue weighted by atomic mass is 19.1. The van der Waals surface area contributed by atoms with E-state index in [1.165, 1.54) is 12.3 Å². The minimum Gasteiger partial charge on any atom is -0.411 e. The maximum atomic E-state index is 12.8. The highest BCUT2D eigenvalue weighted by Crippen LogP contribution is 2.05. The molecule has 0 bridgehead atoms. The Labute approximate surface area is 64.0 Å². The van der Waals surface area contributed by atoms with Crippen molar-refractivity contribution in [1.82, 2.24) is 0 Å². The molecule has 1 aromatic rings. The molecule has 1 rings (SSSR count). The van der Waals surface area contributed by atoms with Crippen molar-refractivity contribution in [3.05, 3.63) is 35.6 Å². The van der Waals surface area contributed by atoms with Gasteiger partial charge < -0.3 is 5.21 Å². The Morgan fingerprint density at radius 3 is 2.82 bits per heavy atom. The van der Waals surface area contributed by atoms with Gasteiger partial charge >= 0.3 is 0 Å². The molecule has 0 radical (unpaired) electrons. The molecule has 0 saturated carbocycles. The zero-order chi connectivity index (χ0) is 8.10. The van der Waals surface area contributed by atoms with Crippen LogP contribution in [0.4, 0.5) is 4.39 Å². The van der Waals surface area contributed by atoms with Crippen molar-refractivity contribution in [2.45, 2.75) is 6.42 Å². The van der Waals surface area contributed by atoms with Crippen LogP contribution in [0, 0.1) is 5.82 Å². The predicted octanol–water partition coefficient (Wildman–Crippen LogP) is 1.83. The molecule has 0 aromatic heterocycles. The smallest absolute Gasteiger partial charge is 0.126 e. The summed E-state index contributed by atoms with van der Waals surface area (Å²) in [6.07, 6.45) is 1.57. The molecule has 1 aromatic carbocycles. The summed E-state index contributed by atoms with van der Waals surface area (Å²) in [4.78, 5) is 0. The molecule has 0 aliphatic rings. The first-order valence-corrected chi connectivity index (χ1v) is 3.24. The molecule has 3 heteroatoms. The summed E-state index contributed by atoms with van der Waals surface area (Å²) < 4.78 is 12.8. The van der Waals surface area contributed by atoms with Gasteiger partial charge in [0.25, 0.3) is 0 Å². The topological polar surface area (TPSA) is 32.6 Å². The largest absolute Gasteiger partial charge is 0.411 e. The molecule has 0 spiro atoms. The molecule has 2 nitrogen and oxygen atoms in total. The fourth-order valence-corrected chi connectivity index (χ4v) is 0.803. The van der Waals surface area contributed by atoms with Crippen molar-refractivity contribution >= 4 is 6.21 Å². The average Bonchev–Trinajstić information content (AvgIpc) is 2.03. The Morgan fingerprint density at radius 1 is 1.45 bits per heavy atom. The highest BCUT2D eigenvalue weighted by Gasteiger charge is 1.96. The molecule has 0 aliphatic heterocycles. The summed E-state index contributed by atoms with van der Waals surface area (Å²) in [5.74, 6) is -0.271. The molecule has 0 heterocycles. The number of oxime groups is 1. The first-order valence-electron chi connectivity index (χ1n) is 3.24. The average molecular weight is 153 g/mol. The summed E-state index contributed by atoms with van der Waals surface area (Å²) >= 11 is 0. The number of hydrogen-bond donors (Lipinski definition) is 1. The van der Waals surface area contributed by atoms with Crippen molar-refractivity contribution < 1.29 is 9.60 Å². The molecule has 0 fully saturated rings. The van der Waals surface area contributed by atoms with Gasteiger partial charge in [0, 0.05) is 12.6 Å². The molecule has 58 valence electrons. The van der Waals surface area contributed by atoms with Crippen LogP contribution in [0.15, 0.2) is 29.4 Å². The van der Waals surface area contributed by atoms with Gasteiger partial charge in [-0.05, 0) is 11.6 Å². The van der Waals surface area contributed by atoms with Gasteiger partial charge in [-0.2, -0.15) is 0 Å². The molecule has 0 aliphatic carbocycles. The Bertz CT molecular complexity index is 260. The van der Waals surface area contributed by atoms with Crippen LogP contribution in [0.25, 0.3) is 0 Å². The van der Waals surface area contributed by atoms with E-state index in [0.29, 0.717) is 12.0 Å². The van der Waals surface area contributed by atoms with Crippen molar-refractivity contribution in [1.29, 1.82) is 0 Å². The van der Waals surface area contributed by atoms with E-state index in [1.807, 2.05) is 0 Å². The number of hydrogen-bond acceptors (Lipinski definition) is 2. The van der Waals surface area contributed by atoms with Crippen LogP contribution in [0.3, 0.4) is 0 Å². The molecular weight excluding hydrogens is 145 g/mol. The van der Waals surface area contributed by atoms with E-state index >= 15 is 0 Å². The van der Waals surface area contributed by atoms with Gasteiger partial charge in [-0.3, -0.25) is 0 Å². The maximum absolute atomic E-state index is 12.8. The summed E-state index contributed by atoms with van der Waals surface area (Å²) in [5, 5.41) is 10.8. The Kier molecular flexibility index (Phi) is 2.60. The fourth-order valence-electron chi connectivity index (χ4n) is 0.803. The minimum absolute atomic E-state index is 0.271. The zero-order valence-corrected chi connectivity index (χ0v) is 5.87. The van der Waals surface area contributed by atoms with Gasteiger partial charge in [-0.25, -0.2) is 4.39 Å². The van der Waals surface area contributed by atoms with Gasteiger partial charge in [0.15, 0.2) is 0 Å². The first kappa shape index (κ1) is 7.72. The van der Waals surface area contributed by atoms with Crippen LogP contribution in [0.5, 0.6) is 0 Å². The summed E-state index contributed by atoms with van der Waals surface area (Å²) in [5.41, 5.74) is 0.533. The molecule has 0 atom stereocenters.